The molecule has 1 aromatic carbocycles. The molecule has 1 aliphatic heterocycles. The molecule has 5 nitrogen and oxygen atoms in total. The van der Waals surface area contributed by atoms with Crippen molar-refractivity contribution in [1.29, 1.82) is 0 Å². The van der Waals surface area contributed by atoms with Gasteiger partial charge in [-0.3, -0.25) is 14.5 Å². The molecule has 26 heavy (non-hydrogen) atoms. The molecule has 1 N–H and O–H groups in total. The number of urea groups is 1. The van der Waals surface area contributed by atoms with Crippen LogP contribution in [0.25, 0.3) is 0 Å². The highest BCUT2D eigenvalue weighted by Gasteiger charge is 2.53. The highest BCUT2D eigenvalue weighted by atomic mass is 32.1. The number of nitrogens with zero attached hydrogens (tertiary/aromatic N) is 1. The maximum Gasteiger partial charge on any atom is 0.325 e. The summed E-state index contributed by atoms with van der Waals surface area (Å²) in [6.07, 6.45) is 3.30. The van der Waals surface area contributed by atoms with E-state index in [4.69, 9.17) is 0 Å². The van der Waals surface area contributed by atoms with Gasteiger partial charge in [0.25, 0.3) is 5.91 Å². The molecule has 2 heterocycles. The third kappa shape index (κ3) is 2.65. The molecule has 2 aliphatic rings. The number of nitrogens with one attached hydrogen (secondary N) is 1. The first-order valence-corrected chi connectivity index (χ1v) is 9.65. The van der Waals surface area contributed by atoms with Crippen LogP contribution in [0.3, 0.4) is 0 Å². The maximum atomic E-state index is 13.3. The van der Waals surface area contributed by atoms with Crippen LogP contribution in [0.4, 0.5) is 4.79 Å². The van der Waals surface area contributed by atoms with Crippen LogP contribution in [0.5, 0.6) is 0 Å². The van der Waals surface area contributed by atoms with Crippen molar-refractivity contribution in [1.82, 2.24) is 10.2 Å². The van der Waals surface area contributed by atoms with Crippen molar-refractivity contribution in [2.45, 2.75) is 38.1 Å². The number of hydrogen-bond acceptors (Lipinski definition) is 4. The molecule has 134 valence electrons. The summed E-state index contributed by atoms with van der Waals surface area (Å²) in [4.78, 5) is 41.1. The monoisotopic (exact) mass is 368 g/mol. The minimum atomic E-state index is -1.03. The summed E-state index contributed by atoms with van der Waals surface area (Å²) < 4.78 is 0. The SMILES string of the molecule is Cc1ccc(C(=O)CN2C(=O)N[C@@]3(CCCCc4ccccc43)C2=O)s1. The number of rotatable bonds is 3. The Balaban J connectivity index is 1.66. The van der Waals surface area contributed by atoms with Gasteiger partial charge in [-0.05, 0) is 55.9 Å². The van der Waals surface area contributed by atoms with Gasteiger partial charge in [0.2, 0.25) is 0 Å². The molecule has 3 amide bonds. The fourth-order valence-corrected chi connectivity index (χ4v) is 4.72. The summed E-state index contributed by atoms with van der Waals surface area (Å²) >= 11 is 1.38. The average Bonchev–Trinajstić information content (AvgIpc) is 3.09. The number of benzene rings is 1. The Hall–Kier alpha value is -2.47. The number of imide groups is 1. The average molecular weight is 368 g/mol. The zero-order valence-corrected chi connectivity index (χ0v) is 15.4. The van der Waals surface area contributed by atoms with Gasteiger partial charge >= 0.3 is 6.03 Å². The first-order chi connectivity index (χ1) is 12.5. The molecule has 1 saturated heterocycles. The van der Waals surface area contributed by atoms with Gasteiger partial charge in [0.05, 0.1) is 11.4 Å². The van der Waals surface area contributed by atoms with Crippen LogP contribution >= 0.6 is 11.3 Å². The van der Waals surface area contributed by atoms with Crippen molar-refractivity contribution in [3.8, 4) is 0 Å². The fourth-order valence-electron chi connectivity index (χ4n) is 3.92. The van der Waals surface area contributed by atoms with Crippen LogP contribution in [0.15, 0.2) is 36.4 Å². The van der Waals surface area contributed by atoms with Gasteiger partial charge in [-0.2, -0.15) is 0 Å². The lowest BCUT2D eigenvalue weighted by molar-refractivity contribution is -0.131. The molecule has 1 aromatic heterocycles. The second-order valence-corrected chi connectivity index (χ2v) is 8.21. The van der Waals surface area contributed by atoms with Crippen molar-refractivity contribution in [2.24, 2.45) is 0 Å². The minimum Gasteiger partial charge on any atom is -0.319 e. The van der Waals surface area contributed by atoms with Gasteiger partial charge in [0.15, 0.2) is 5.78 Å². The van der Waals surface area contributed by atoms with E-state index in [2.05, 4.69) is 5.32 Å². The van der Waals surface area contributed by atoms with E-state index in [1.807, 2.05) is 37.3 Å². The predicted molar refractivity (Wildman–Crippen MR) is 99.3 cm³/mol. The molecule has 1 fully saturated rings. The number of carbonyl (C=O) groups is 3. The summed E-state index contributed by atoms with van der Waals surface area (Å²) in [6.45, 7) is 1.71. The predicted octanol–water partition coefficient (Wildman–Crippen LogP) is 3.41. The molecule has 6 heteroatoms. The summed E-state index contributed by atoms with van der Waals surface area (Å²) in [5.41, 5.74) is 0.939. The summed E-state index contributed by atoms with van der Waals surface area (Å²) in [5, 5.41) is 2.92. The van der Waals surface area contributed by atoms with Crippen molar-refractivity contribution in [3.63, 3.8) is 0 Å². The van der Waals surface area contributed by atoms with E-state index in [1.54, 1.807) is 6.07 Å². The minimum absolute atomic E-state index is 0.203. The van der Waals surface area contributed by atoms with Crippen molar-refractivity contribution in [3.05, 3.63) is 57.3 Å². The number of amides is 3. The Labute approximate surface area is 156 Å². The first kappa shape index (κ1) is 17.0. The molecular weight excluding hydrogens is 348 g/mol. The number of ketones is 1. The molecule has 0 unspecified atom stereocenters. The van der Waals surface area contributed by atoms with E-state index >= 15 is 0 Å². The second-order valence-electron chi connectivity index (χ2n) is 6.92. The lowest BCUT2D eigenvalue weighted by atomic mass is 9.84. The van der Waals surface area contributed by atoms with E-state index in [0.29, 0.717) is 11.3 Å². The van der Waals surface area contributed by atoms with Gasteiger partial charge in [-0.1, -0.05) is 24.3 Å². The molecule has 0 radical (unpaired) electrons. The summed E-state index contributed by atoms with van der Waals surface area (Å²) in [7, 11) is 0. The van der Waals surface area contributed by atoms with Crippen LogP contribution in [-0.4, -0.2) is 29.2 Å². The van der Waals surface area contributed by atoms with Crippen LogP contribution in [-0.2, 0) is 16.8 Å². The van der Waals surface area contributed by atoms with Crippen LogP contribution in [0.2, 0.25) is 0 Å². The zero-order chi connectivity index (χ0) is 18.3. The number of fused-ring (bicyclic) bond motifs is 2. The Kier molecular flexibility index (Phi) is 4.15. The van der Waals surface area contributed by atoms with Gasteiger partial charge in [-0.15, -0.1) is 11.3 Å². The number of carbonyl (C=O) groups excluding carboxylic acids is 3. The topological polar surface area (TPSA) is 66.5 Å². The van der Waals surface area contributed by atoms with Crippen LogP contribution in [0.1, 0.15) is 44.9 Å². The van der Waals surface area contributed by atoms with Crippen molar-refractivity contribution < 1.29 is 14.4 Å². The third-order valence-corrected chi connectivity index (χ3v) is 6.26. The Morgan fingerprint density at radius 1 is 1.19 bits per heavy atom. The molecule has 4 rings (SSSR count). The summed E-state index contributed by atoms with van der Waals surface area (Å²) in [6, 6.07) is 10.9. The van der Waals surface area contributed by atoms with E-state index in [0.717, 1.165) is 40.2 Å². The van der Waals surface area contributed by atoms with Gasteiger partial charge in [0, 0.05) is 4.88 Å². The van der Waals surface area contributed by atoms with Crippen molar-refractivity contribution in [2.75, 3.05) is 6.54 Å². The Morgan fingerprint density at radius 3 is 2.77 bits per heavy atom. The van der Waals surface area contributed by atoms with E-state index in [1.165, 1.54) is 11.3 Å². The van der Waals surface area contributed by atoms with E-state index in [9.17, 15) is 14.4 Å². The van der Waals surface area contributed by atoms with Gasteiger partial charge in [0.1, 0.15) is 5.54 Å². The first-order valence-electron chi connectivity index (χ1n) is 8.83. The molecular formula is C20H20N2O3S. The second kappa shape index (κ2) is 6.36. The highest BCUT2D eigenvalue weighted by molar-refractivity contribution is 7.14. The van der Waals surface area contributed by atoms with E-state index < -0.39 is 11.6 Å². The third-order valence-electron chi connectivity index (χ3n) is 5.22. The van der Waals surface area contributed by atoms with Crippen LogP contribution in [0, 0.1) is 6.92 Å². The van der Waals surface area contributed by atoms with Crippen LogP contribution < -0.4 is 5.32 Å². The van der Waals surface area contributed by atoms with E-state index in [-0.39, 0.29) is 18.2 Å². The molecule has 1 atom stereocenters. The quantitative estimate of drug-likeness (QED) is 0.667. The lowest BCUT2D eigenvalue weighted by Crippen LogP contribution is -2.44. The maximum absolute atomic E-state index is 13.3. The largest absolute Gasteiger partial charge is 0.325 e. The fraction of sp³-hybridized carbons (Fsp3) is 0.350. The lowest BCUT2D eigenvalue weighted by Gasteiger charge is -2.27. The number of thiophene rings is 1. The molecule has 0 bridgehead atoms. The smallest absolute Gasteiger partial charge is 0.319 e. The number of aryl methyl sites for hydroxylation is 2. The Bertz CT molecular complexity index is 904. The zero-order valence-electron chi connectivity index (χ0n) is 14.6. The molecule has 1 spiro atoms. The highest BCUT2D eigenvalue weighted by Crippen LogP contribution is 2.39. The van der Waals surface area contributed by atoms with Crippen molar-refractivity contribution >= 4 is 29.1 Å². The van der Waals surface area contributed by atoms with Gasteiger partial charge in [-0.25, -0.2) is 4.79 Å². The molecule has 1 aliphatic carbocycles. The standard InChI is InChI=1S/C20H20N2O3S/c1-13-9-10-17(26-13)16(23)12-22-18(24)20(21-19(22)25)11-5-4-7-14-6-2-3-8-15(14)20/h2-3,6,8-10H,4-5,7,11-12H2,1H3,(H,21,25)/t20-/m1/s1. The normalized spacial score (nSPS) is 22.3. The molecule has 0 saturated carbocycles. The van der Waals surface area contributed by atoms with Gasteiger partial charge < -0.3 is 5.32 Å². The number of hydrogen-bond donors (Lipinski definition) is 1. The molecule has 2 aromatic rings. The Morgan fingerprint density at radius 2 is 2.00 bits per heavy atom. The number of Topliss-reactive ketones (excluding diaryl/α,β-unsaturated/α-hetero) is 1. The summed E-state index contributed by atoms with van der Waals surface area (Å²) in [5.74, 6) is -0.510.